The molecular formula is C22H31N3O4S2. The van der Waals surface area contributed by atoms with Gasteiger partial charge in [0, 0.05) is 27.2 Å². The highest BCUT2D eigenvalue weighted by Gasteiger charge is 2.24. The zero-order valence-electron chi connectivity index (χ0n) is 18.5. The molecule has 0 aliphatic heterocycles. The maximum Gasteiger partial charge on any atom is 0.261 e. The van der Waals surface area contributed by atoms with Gasteiger partial charge >= 0.3 is 0 Å². The van der Waals surface area contributed by atoms with E-state index in [1.165, 1.54) is 57.6 Å². The Morgan fingerprint density at radius 1 is 0.839 bits per heavy atom. The number of hydrogen-bond donors (Lipinski definition) is 1. The second-order valence-electron chi connectivity index (χ2n) is 8.24. The number of nitrogens with zero attached hydrogens (tertiary/aromatic N) is 2. The fourth-order valence-electron chi connectivity index (χ4n) is 4.07. The summed E-state index contributed by atoms with van der Waals surface area (Å²) in [6.45, 7) is 1.98. The SMILES string of the molecule is Cc1cccc(NS(=O)(=O)c2ccc(S(=O)(=O)N(C)C)cc2)c1N(C)C1CCCCC1. The second-order valence-corrected chi connectivity index (χ2v) is 12.1. The first-order valence-electron chi connectivity index (χ1n) is 10.4. The Labute approximate surface area is 186 Å². The lowest BCUT2D eigenvalue weighted by atomic mass is 9.93. The van der Waals surface area contributed by atoms with E-state index in [-0.39, 0.29) is 9.79 Å². The normalized spacial score (nSPS) is 15.8. The fourth-order valence-corrected chi connectivity index (χ4v) is 6.03. The number of benzene rings is 2. The zero-order valence-corrected chi connectivity index (χ0v) is 20.1. The van der Waals surface area contributed by atoms with Gasteiger partial charge in [-0.3, -0.25) is 4.72 Å². The number of sulfonamides is 2. The minimum atomic E-state index is -3.88. The maximum atomic E-state index is 13.1. The van der Waals surface area contributed by atoms with Gasteiger partial charge in [0.05, 0.1) is 21.2 Å². The lowest BCUT2D eigenvalue weighted by molar-refractivity contribution is 0.427. The van der Waals surface area contributed by atoms with Gasteiger partial charge in [-0.05, 0) is 55.7 Å². The summed E-state index contributed by atoms with van der Waals surface area (Å²) < 4.78 is 54.4. The topological polar surface area (TPSA) is 86.8 Å². The van der Waals surface area contributed by atoms with Gasteiger partial charge in [0.25, 0.3) is 10.0 Å². The van der Waals surface area contributed by atoms with Gasteiger partial charge in [-0.1, -0.05) is 31.4 Å². The molecule has 1 saturated carbocycles. The molecule has 0 bridgehead atoms. The molecule has 0 aromatic heterocycles. The average Bonchev–Trinajstić information content (AvgIpc) is 2.74. The first-order valence-corrected chi connectivity index (χ1v) is 13.3. The summed E-state index contributed by atoms with van der Waals surface area (Å²) in [7, 11) is -2.61. The first-order chi connectivity index (χ1) is 14.5. The standard InChI is InChI=1S/C22H31N3O4S2/c1-17-9-8-12-21(22(17)25(4)18-10-6-5-7-11-18)23-30(26,27)19-13-15-20(16-14-19)31(28,29)24(2)3/h8-9,12-16,18,23H,5-7,10-11H2,1-4H3. The Bertz CT molecular complexity index is 1120. The van der Waals surface area contributed by atoms with E-state index < -0.39 is 20.0 Å². The van der Waals surface area contributed by atoms with Crippen LogP contribution in [0.15, 0.2) is 52.3 Å². The minimum Gasteiger partial charge on any atom is -0.370 e. The van der Waals surface area contributed by atoms with Crippen molar-refractivity contribution in [2.24, 2.45) is 0 Å². The molecule has 9 heteroatoms. The number of aryl methyl sites for hydroxylation is 1. The third-order valence-electron chi connectivity index (χ3n) is 5.87. The van der Waals surface area contributed by atoms with E-state index >= 15 is 0 Å². The third kappa shape index (κ3) is 5.05. The number of hydrogen-bond acceptors (Lipinski definition) is 5. The Kier molecular flexibility index (Phi) is 6.98. The fraction of sp³-hybridized carbons (Fsp3) is 0.455. The largest absolute Gasteiger partial charge is 0.370 e. The predicted octanol–water partition coefficient (Wildman–Crippen LogP) is 3.82. The maximum absolute atomic E-state index is 13.1. The van der Waals surface area contributed by atoms with Gasteiger partial charge in [0.1, 0.15) is 0 Å². The smallest absolute Gasteiger partial charge is 0.261 e. The van der Waals surface area contributed by atoms with Crippen LogP contribution in [-0.2, 0) is 20.0 Å². The zero-order chi connectivity index (χ0) is 22.8. The van der Waals surface area contributed by atoms with E-state index in [2.05, 4.69) is 9.62 Å². The predicted molar refractivity (Wildman–Crippen MR) is 125 cm³/mol. The molecule has 2 aromatic carbocycles. The van der Waals surface area contributed by atoms with Gasteiger partial charge in [-0.2, -0.15) is 0 Å². The molecule has 1 N–H and O–H groups in total. The first kappa shape index (κ1) is 23.6. The molecular weight excluding hydrogens is 434 g/mol. The van der Waals surface area contributed by atoms with Crippen LogP contribution in [0.4, 0.5) is 11.4 Å². The van der Waals surface area contributed by atoms with Crippen molar-refractivity contribution in [1.82, 2.24) is 4.31 Å². The summed E-state index contributed by atoms with van der Waals surface area (Å²) in [6.07, 6.45) is 5.81. The molecule has 7 nitrogen and oxygen atoms in total. The molecule has 0 spiro atoms. The highest BCUT2D eigenvalue weighted by molar-refractivity contribution is 7.92. The highest BCUT2D eigenvalue weighted by atomic mass is 32.2. The van der Waals surface area contributed by atoms with Crippen molar-refractivity contribution in [2.45, 2.75) is 54.9 Å². The molecule has 0 saturated heterocycles. The van der Waals surface area contributed by atoms with Crippen LogP contribution >= 0.6 is 0 Å². The van der Waals surface area contributed by atoms with Crippen LogP contribution in [0.1, 0.15) is 37.7 Å². The Balaban J connectivity index is 1.91. The van der Waals surface area contributed by atoms with Gasteiger partial charge in [0.2, 0.25) is 10.0 Å². The van der Waals surface area contributed by atoms with Crippen molar-refractivity contribution in [3.8, 4) is 0 Å². The van der Waals surface area contributed by atoms with Gasteiger partial charge in [-0.15, -0.1) is 0 Å². The molecule has 0 atom stereocenters. The quantitative estimate of drug-likeness (QED) is 0.672. The molecule has 2 aromatic rings. The molecule has 0 heterocycles. The summed E-state index contributed by atoms with van der Waals surface area (Å²) >= 11 is 0. The molecule has 170 valence electrons. The van der Waals surface area contributed by atoms with Crippen LogP contribution in [0.25, 0.3) is 0 Å². The number of rotatable bonds is 7. The molecule has 1 aliphatic carbocycles. The van der Waals surface area contributed by atoms with E-state index in [1.807, 2.05) is 26.1 Å². The van der Waals surface area contributed by atoms with E-state index in [0.717, 1.165) is 28.4 Å². The van der Waals surface area contributed by atoms with E-state index in [4.69, 9.17) is 0 Å². The molecule has 1 aliphatic rings. The van der Waals surface area contributed by atoms with Crippen LogP contribution < -0.4 is 9.62 Å². The Morgan fingerprint density at radius 2 is 1.42 bits per heavy atom. The summed E-state index contributed by atoms with van der Waals surface area (Å²) in [6, 6.07) is 11.2. The van der Waals surface area contributed by atoms with Crippen molar-refractivity contribution >= 4 is 31.4 Å². The van der Waals surface area contributed by atoms with Crippen molar-refractivity contribution in [3.63, 3.8) is 0 Å². The van der Waals surface area contributed by atoms with Crippen LogP contribution in [0.2, 0.25) is 0 Å². The number of para-hydroxylation sites is 1. The average molecular weight is 466 g/mol. The van der Waals surface area contributed by atoms with Crippen LogP contribution in [-0.4, -0.2) is 48.3 Å². The lowest BCUT2D eigenvalue weighted by Gasteiger charge is -2.35. The van der Waals surface area contributed by atoms with Crippen molar-refractivity contribution in [1.29, 1.82) is 0 Å². The van der Waals surface area contributed by atoms with Crippen LogP contribution in [0.5, 0.6) is 0 Å². The highest BCUT2D eigenvalue weighted by Crippen LogP contribution is 2.35. The van der Waals surface area contributed by atoms with E-state index in [1.54, 1.807) is 6.07 Å². The molecule has 1 fully saturated rings. The molecule has 31 heavy (non-hydrogen) atoms. The number of anilines is 2. The van der Waals surface area contributed by atoms with Crippen molar-refractivity contribution in [3.05, 3.63) is 48.0 Å². The Hall–Kier alpha value is -2.10. The summed E-state index contributed by atoms with van der Waals surface area (Å²) in [5.41, 5.74) is 2.41. The molecule has 0 radical (unpaired) electrons. The van der Waals surface area contributed by atoms with Crippen molar-refractivity contribution < 1.29 is 16.8 Å². The Morgan fingerprint density at radius 3 is 2.00 bits per heavy atom. The van der Waals surface area contributed by atoms with E-state index in [0.29, 0.717) is 11.7 Å². The molecule has 0 amide bonds. The minimum absolute atomic E-state index is 0.0120. The van der Waals surface area contributed by atoms with Crippen LogP contribution in [0, 0.1) is 6.92 Å². The molecule has 3 rings (SSSR count). The lowest BCUT2D eigenvalue weighted by Crippen LogP contribution is -2.34. The number of nitrogens with one attached hydrogen (secondary N) is 1. The monoisotopic (exact) mass is 465 g/mol. The van der Waals surface area contributed by atoms with Crippen molar-refractivity contribution in [2.75, 3.05) is 30.8 Å². The van der Waals surface area contributed by atoms with Gasteiger partial charge in [-0.25, -0.2) is 21.1 Å². The summed E-state index contributed by atoms with van der Waals surface area (Å²) in [5, 5.41) is 0. The third-order valence-corrected chi connectivity index (χ3v) is 9.08. The van der Waals surface area contributed by atoms with Crippen LogP contribution in [0.3, 0.4) is 0 Å². The summed E-state index contributed by atoms with van der Waals surface area (Å²) in [4.78, 5) is 2.25. The van der Waals surface area contributed by atoms with E-state index in [9.17, 15) is 16.8 Å². The molecule has 0 unspecified atom stereocenters. The van der Waals surface area contributed by atoms with Gasteiger partial charge < -0.3 is 4.90 Å². The second kappa shape index (κ2) is 9.18. The van der Waals surface area contributed by atoms with Gasteiger partial charge in [0.15, 0.2) is 0 Å². The summed E-state index contributed by atoms with van der Waals surface area (Å²) in [5.74, 6) is 0.